The Bertz CT molecular complexity index is 926. The normalized spacial score (nSPS) is 13.9. The Morgan fingerprint density at radius 1 is 1.19 bits per heavy atom. The molecule has 26 heavy (non-hydrogen) atoms. The van der Waals surface area contributed by atoms with Crippen molar-refractivity contribution < 1.29 is 8.91 Å². The molecule has 134 valence electrons. The lowest BCUT2D eigenvalue weighted by molar-refractivity contribution is 0.390. The van der Waals surface area contributed by atoms with E-state index in [1.54, 1.807) is 18.2 Å². The largest absolute Gasteiger partial charge is 0.368 e. The van der Waals surface area contributed by atoms with Crippen molar-refractivity contribution in [3.63, 3.8) is 0 Å². The van der Waals surface area contributed by atoms with Crippen LogP contribution in [-0.2, 0) is 19.4 Å². The van der Waals surface area contributed by atoms with Crippen LogP contribution in [0.3, 0.4) is 0 Å². The van der Waals surface area contributed by atoms with Crippen LogP contribution in [0.4, 0.5) is 16.2 Å². The van der Waals surface area contributed by atoms with E-state index in [0.717, 1.165) is 43.0 Å². The number of benzene rings is 1. The van der Waals surface area contributed by atoms with E-state index >= 15 is 0 Å². The molecular weight excluding hydrogens is 335 g/mol. The molecule has 7 nitrogen and oxygen atoms in total. The molecule has 0 bridgehead atoms. The van der Waals surface area contributed by atoms with Gasteiger partial charge in [-0.25, -0.2) is 9.37 Å². The summed E-state index contributed by atoms with van der Waals surface area (Å²) in [4.78, 5) is 8.69. The summed E-state index contributed by atoms with van der Waals surface area (Å²) in [6, 6.07) is 8.03. The summed E-state index contributed by atoms with van der Waals surface area (Å²) < 4.78 is 18.7. The van der Waals surface area contributed by atoms with Crippen LogP contribution in [-0.4, -0.2) is 28.2 Å². The Labute approximate surface area is 149 Å². The molecule has 3 heterocycles. The SMILES string of the molecule is Nc1nc2c(c(NCc3cc(-c4cccc(F)c4)no3)n1)CCNCC2. The highest BCUT2D eigenvalue weighted by Crippen LogP contribution is 2.23. The number of fused-ring (bicyclic) bond motifs is 1. The molecule has 0 unspecified atom stereocenters. The highest BCUT2D eigenvalue weighted by Gasteiger charge is 2.16. The second-order valence-electron chi connectivity index (χ2n) is 6.15. The number of anilines is 2. The second-order valence-corrected chi connectivity index (χ2v) is 6.15. The van der Waals surface area contributed by atoms with Gasteiger partial charge in [-0.15, -0.1) is 0 Å². The van der Waals surface area contributed by atoms with Crippen LogP contribution in [0.15, 0.2) is 34.9 Å². The van der Waals surface area contributed by atoms with Crippen LogP contribution < -0.4 is 16.4 Å². The van der Waals surface area contributed by atoms with Crippen LogP contribution >= 0.6 is 0 Å². The zero-order valence-electron chi connectivity index (χ0n) is 14.1. The van der Waals surface area contributed by atoms with Crippen molar-refractivity contribution in [3.05, 3.63) is 53.2 Å². The van der Waals surface area contributed by atoms with Crippen molar-refractivity contribution >= 4 is 11.8 Å². The fourth-order valence-electron chi connectivity index (χ4n) is 3.06. The number of hydrogen-bond acceptors (Lipinski definition) is 7. The molecule has 0 aliphatic carbocycles. The molecular formula is C18H19FN6O. The minimum Gasteiger partial charge on any atom is -0.368 e. The van der Waals surface area contributed by atoms with Gasteiger partial charge in [-0.05, 0) is 25.1 Å². The van der Waals surface area contributed by atoms with Crippen molar-refractivity contribution in [3.8, 4) is 11.3 Å². The van der Waals surface area contributed by atoms with Crippen LogP contribution in [0.1, 0.15) is 17.0 Å². The van der Waals surface area contributed by atoms with Crippen molar-refractivity contribution in [2.75, 3.05) is 24.1 Å². The van der Waals surface area contributed by atoms with Crippen molar-refractivity contribution in [2.45, 2.75) is 19.4 Å². The predicted molar refractivity (Wildman–Crippen MR) is 95.9 cm³/mol. The monoisotopic (exact) mass is 354 g/mol. The summed E-state index contributed by atoms with van der Waals surface area (Å²) in [5.41, 5.74) is 9.16. The van der Waals surface area contributed by atoms with Crippen LogP contribution in [0.25, 0.3) is 11.3 Å². The van der Waals surface area contributed by atoms with Crippen LogP contribution in [0, 0.1) is 5.82 Å². The van der Waals surface area contributed by atoms with Gasteiger partial charge in [-0.1, -0.05) is 17.3 Å². The van der Waals surface area contributed by atoms with E-state index < -0.39 is 0 Å². The molecule has 0 spiro atoms. The first kappa shape index (κ1) is 16.5. The highest BCUT2D eigenvalue weighted by atomic mass is 19.1. The van der Waals surface area contributed by atoms with Crippen molar-refractivity contribution in [1.29, 1.82) is 0 Å². The van der Waals surface area contributed by atoms with Crippen molar-refractivity contribution in [1.82, 2.24) is 20.4 Å². The zero-order valence-corrected chi connectivity index (χ0v) is 14.1. The van der Waals surface area contributed by atoms with E-state index in [4.69, 9.17) is 10.3 Å². The van der Waals surface area contributed by atoms with E-state index in [0.29, 0.717) is 23.6 Å². The standard InChI is InChI=1S/C18H19FN6O/c19-12-3-1-2-11(8-12)16-9-13(26-25-16)10-22-17-14-4-6-21-7-5-15(14)23-18(20)24-17/h1-3,8-9,21H,4-7,10H2,(H3,20,22,23,24). The van der Waals surface area contributed by atoms with Crippen molar-refractivity contribution in [2.24, 2.45) is 0 Å². The number of nitrogens with two attached hydrogens (primary N) is 1. The number of nitrogens with one attached hydrogen (secondary N) is 2. The number of halogens is 1. The summed E-state index contributed by atoms with van der Waals surface area (Å²) in [5.74, 6) is 1.30. The molecule has 0 amide bonds. The number of aromatic nitrogens is 3. The molecule has 0 saturated carbocycles. The fourth-order valence-corrected chi connectivity index (χ4v) is 3.06. The predicted octanol–water partition coefficient (Wildman–Crippen LogP) is 2.15. The van der Waals surface area contributed by atoms with Gasteiger partial charge in [0.1, 0.15) is 17.3 Å². The summed E-state index contributed by atoms with van der Waals surface area (Å²) in [6.45, 7) is 2.15. The third-order valence-corrected chi connectivity index (χ3v) is 4.31. The smallest absolute Gasteiger partial charge is 0.222 e. The Balaban J connectivity index is 1.52. The Morgan fingerprint density at radius 2 is 2.08 bits per heavy atom. The molecule has 1 aliphatic heterocycles. The van der Waals surface area contributed by atoms with E-state index in [-0.39, 0.29) is 11.8 Å². The summed E-state index contributed by atoms with van der Waals surface area (Å²) in [6.07, 6.45) is 1.66. The van der Waals surface area contributed by atoms with E-state index in [2.05, 4.69) is 25.8 Å². The first-order chi connectivity index (χ1) is 12.7. The first-order valence-corrected chi connectivity index (χ1v) is 8.50. The van der Waals surface area contributed by atoms with Gasteiger partial charge in [0.25, 0.3) is 0 Å². The van der Waals surface area contributed by atoms with Gasteiger partial charge < -0.3 is 20.9 Å². The Morgan fingerprint density at radius 3 is 2.96 bits per heavy atom. The number of rotatable bonds is 4. The number of nitrogens with zero attached hydrogens (tertiary/aromatic N) is 3. The lowest BCUT2D eigenvalue weighted by Crippen LogP contribution is -2.16. The van der Waals surface area contributed by atoms with Gasteiger partial charge in [-0.3, -0.25) is 0 Å². The number of hydrogen-bond donors (Lipinski definition) is 3. The summed E-state index contributed by atoms with van der Waals surface area (Å²) in [5, 5.41) is 10.6. The molecule has 3 aromatic rings. The molecule has 0 atom stereocenters. The minimum absolute atomic E-state index is 0.256. The van der Waals surface area contributed by atoms with Gasteiger partial charge in [0.2, 0.25) is 5.95 Å². The fraction of sp³-hybridized carbons (Fsp3) is 0.278. The second kappa shape index (κ2) is 7.09. The lowest BCUT2D eigenvalue weighted by Gasteiger charge is -2.12. The lowest BCUT2D eigenvalue weighted by atomic mass is 10.1. The van der Waals surface area contributed by atoms with Gasteiger partial charge in [0, 0.05) is 30.2 Å². The van der Waals surface area contributed by atoms with Gasteiger partial charge in [0.05, 0.1) is 12.2 Å². The summed E-state index contributed by atoms with van der Waals surface area (Å²) >= 11 is 0. The van der Waals surface area contributed by atoms with Crippen LogP contribution in [0.2, 0.25) is 0 Å². The molecule has 4 N–H and O–H groups in total. The number of nitrogen functional groups attached to an aromatic ring is 1. The quantitative estimate of drug-likeness (QED) is 0.660. The molecule has 0 radical (unpaired) electrons. The van der Waals surface area contributed by atoms with E-state index in [1.165, 1.54) is 12.1 Å². The van der Waals surface area contributed by atoms with Gasteiger partial charge in [0.15, 0.2) is 5.76 Å². The third kappa shape index (κ3) is 3.50. The van der Waals surface area contributed by atoms with E-state index in [1.807, 2.05) is 0 Å². The topological polar surface area (TPSA) is 102 Å². The molecule has 0 fully saturated rings. The molecule has 1 aromatic carbocycles. The van der Waals surface area contributed by atoms with Gasteiger partial charge >= 0.3 is 0 Å². The molecule has 2 aromatic heterocycles. The average molecular weight is 354 g/mol. The maximum Gasteiger partial charge on any atom is 0.222 e. The highest BCUT2D eigenvalue weighted by molar-refractivity contribution is 5.59. The first-order valence-electron chi connectivity index (χ1n) is 8.50. The molecule has 4 rings (SSSR count). The maximum atomic E-state index is 13.4. The average Bonchev–Trinajstić information content (AvgIpc) is 2.98. The molecule has 1 aliphatic rings. The Kier molecular flexibility index (Phi) is 4.49. The van der Waals surface area contributed by atoms with Gasteiger partial charge in [-0.2, -0.15) is 4.98 Å². The molecule has 8 heteroatoms. The van der Waals surface area contributed by atoms with Crippen LogP contribution in [0.5, 0.6) is 0 Å². The minimum atomic E-state index is -0.307. The summed E-state index contributed by atoms with van der Waals surface area (Å²) in [7, 11) is 0. The van der Waals surface area contributed by atoms with E-state index in [9.17, 15) is 4.39 Å². The third-order valence-electron chi connectivity index (χ3n) is 4.31. The Hall–Kier alpha value is -3.00. The molecule has 0 saturated heterocycles. The zero-order chi connectivity index (χ0) is 17.9. The maximum absolute atomic E-state index is 13.4.